The Bertz CT molecular complexity index is 1240. The number of esters is 1. The Hall–Kier alpha value is -2.43. The number of aromatic nitrogens is 3. The zero-order valence-electron chi connectivity index (χ0n) is 20.3. The summed E-state index contributed by atoms with van der Waals surface area (Å²) in [6.07, 6.45) is 6.88. The molecule has 0 atom stereocenters. The summed E-state index contributed by atoms with van der Waals surface area (Å²) in [5.74, 6) is 0.393. The van der Waals surface area contributed by atoms with Gasteiger partial charge in [0.25, 0.3) is 0 Å². The fraction of sp³-hybridized carbons (Fsp3) is 0.440. The van der Waals surface area contributed by atoms with E-state index in [9.17, 15) is 9.59 Å². The average Bonchev–Trinajstić information content (AvgIpc) is 3.43. The van der Waals surface area contributed by atoms with Crippen LogP contribution in [0.15, 0.2) is 23.2 Å². The van der Waals surface area contributed by atoms with E-state index in [-0.39, 0.29) is 17.6 Å². The van der Waals surface area contributed by atoms with Crippen molar-refractivity contribution >= 4 is 51.3 Å². The van der Waals surface area contributed by atoms with Gasteiger partial charge < -0.3 is 10.1 Å². The highest BCUT2D eigenvalue weighted by Gasteiger charge is 2.27. The quantitative estimate of drug-likeness (QED) is 0.157. The average molecular weight is 531 g/mol. The molecule has 1 aliphatic carbocycles. The number of hydrogen-bond donors (Lipinski definition) is 1. The summed E-state index contributed by atoms with van der Waals surface area (Å²) in [5.41, 5.74) is 3.82. The van der Waals surface area contributed by atoms with Gasteiger partial charge in [-0.3, -0.25) is 9.36 Å². The molecular formula is C25H30N4O3S3. The van der Waals surface area contributed by atoms with Gasteiger partial charge in [0.1, 0.15) is 5.00 Å². The molecule has 4 rings (SSSR count). The van der Waals surface area contributed by atoms with Crippen molar-refractivity contribution in [2.45, 2.75) is 64.6 Å². The van der Waals surface area contributed by atoms with Gasteiger partial charge in [0.05, 0.1) is 17.9 Å². The molecule has 1 N–H and O–H groups in total. The van der Waals surface area contributed by atoms with Crippen molar-refractivity contribution in [3.8, 4) is 11.4 Å². The summed E-state index contributed by atoms with van der Waals surface area (Å²) >= 11 is 4.52. The highest BCUT2D eigenvalue weighted by molar-refractivity contribution is 7.99. The molecule has 0 unspecified atom stereocenters. The number of hydrogen-bond acceptors (Lipinski definition) is 8. The van der Waals surface area contributed by atoms with Crippen LogP contribution in [0.1, 0.15) is 57.4 Å². The van der Waals surface area contributed by atoms with Crippen molar-refractivity contribution in [3.63, 3.8) is 0 Å². The summed E-state index contributed by atoms with van der Waals surface area (Å²) in [7, 11) is 0. The Balaban J connectivity index is 1.52. The lowest BCUT2D eigenvalue weighted by Crippen LogP contribution is -2.17. The number of fused-ring (bicyclic) bond motifs is 1. The van der Waals surface area contributed by atoms with Gasteiger partial charge in [0.2, 0.25) is 5.91 Å². The number of carbonyl (C=O) groups excluding carboxylic acids is 2. The number of amides is 1. The SMILES string of the molecule is C=CCn1c(SCC(=O)Nc2sc3c(c2C(=O)OCC)CCCCC3)nnc1-c1csc(C)c1C. The van der Waals surface area contributed by atoms with Gasteiger partial charge in [-0.2, -0.15) is 0 Å². The van der Waals surface area contributed by atoms with Crippen molar-refractivity contribution < 1.29 is 14.3 Å². The van der Waals surface area contributed by atoms with E-state index in [1.54, 1.807) is 24.3 Å². The maximum atomic E-state index is 12.9. The second-order valence-corrected chi connectivity index (χ2v) is 11.5. The first-order valence-electron chi connectivity index (χ1n) is 11.8. The van der Waals surface area contributed by atoms with E-state index in [0.717, 1.165) is 49.1 Å². The van der Waals surface area contributed by atoms with Crippen molar-refractivity contribution in [2.75, 3.05) is 17.7 Å². The zero-order valence-corrected chi connectivity index (χ0v) is 22.8. The lowest BCUT2D eigenvalue weighted by molar-refractivity contribution is -0.113. The molecule has 35 heavy (non-hydrogen) atoms. The minimum absolute atomic E-state index is 0.155. The molecule has 0 radical (unpaired) electrons. The Labute approximate surface area is 218 Å². The molecule has 1 amide bonds. The molecule has 0 aliphatic heterocycles. The minimum Gasteiger partial charge on any atom is -0.462 e. The largest absolute Gasteiger partial charge is 0.462 e. The van der Waals surface area contributed by atoms with Gasteiger partial charge >= 0.3 is 5.97 Å². The Kier molecular flexibility index (Phi) is 8.46. The monoisotopic (exact) mass is 530 g/mol. The van der Waals surface area contributed by atoms with Gasteiger partial charge in [-0.1, -0.05) is 24.3 Å². The molecule has 0 bridgehead atoms. The summed E-state index contributed by atoms with van der Waals surface area (Å²) < 4.78 is 7.31. The van der Waals surface area contributed by atoms with Crippen molar-refractivity contribution in [3.05, 3.63) is 44.5 Å². The lowest BCUT2D eigenvalue weighted by atomic mass is 10.1. The molecule has 0 saturated heterocycles. The highest BCUT2D eigenvalue weighted by atomic mass is 32.2. The third-order valence-corrected chi connectivity index (χ3v) is 9.23. The van der Waals surface area contributed by atoms with Crippen molar-refractivity contribution in [1.82, 2.24) is 14.8 Å². The molecular weight excluding hydrogens is 501 g/mol. The van der Waals surface area contributed by atoms with E-state index in [1.165, 1.54) is 38.4 Å². The van der Waals surface area contributed by atoms with E-state index in [0.29, 0.717) is 28.9 Å². The number of carbonyl (C=O) groups is 2. The second-order valence-electron chi connectivity index (χ2n) is 8.36. The highest BCUT2D eigenvalue weighted by Crippen LogP contribution is 2.38. The molecule has 186 valence electrons. The van der Waals surface area contributed by atoms with Crippen LogP contribution < -0.4 is 5.32 Å². The van der Waals surface area contributed by atoms with Gasteiger partial charge in [0.15, 0.2) is 11.0 Å². The van der Waals surface area contributed by atoms with Crippen LogP contribution in [0, 0.1) is 13.8 Å². The summed E-state index contributed by atoms with van der Waals surface area (Å²) in [6.45, 7) is 10.7. The fourth-order valence-corrected chi connectivity index (χ4v) is 7.07. The Morgan fingerprint density at radius 2 is 2.06 bits per heavy atom. The van der Waals surface area contributed by atoms with Gasteiger partial charge in [-0.15, -0.1) is 39.4 Å². The molecule has 3 heterocycles. The van der Waals surface area contributed by atoms with Crippen LogP contribution in [0.25, 0.3) is 11.4 Å². The zero-order chi connectivity index (χ0) is 24.9. The molecule has 7 nitrogen and oxygen atoms in total. The van der Waals surface area contributed by atoms with Crippen LogP contribution in [-0.2, 0) is 28.9 Å². The third-order valence-electron chi connectivity index (χ3n) is 6.04. The maximum Gasteiger partial charge on any atom is 0.341 e. The van der Waals surface area contributed by atoms with Gasteiger partial charge in [-0.25, -0.2) is 4.79 Å². The molecule has 10 heteroatoms. The fourth-order valence-electron chi connectivity index (χ4n) is 4.17. The number of thiophene rings is 2. The van der Waals surface area contributed by atoms with Gasteiger partial charge in [-0.05, 0) is 57.6 Å². The summed E-state index contributed by atoms with van der Waals surface area (Å²) in [5, 5.41) is 15.1. The number of ether oxygens (including phenoxy) is 1. The molecule has 0 spiro atoms. The molecule has 1 aliphatic rings. The molecule has 0 aromatic carbocycles. The van der Waals surface area contributed by atoms with Crippen LogP contribution in [0.2, 0.25) is 0 Å². The first-order chi connectivity index (χ1) is 16.9. The van der Waals surface area contributed by atoms with Crippen molar-refractivity contribution in [1.29, 1.82) is 0 Å². The van der Waals surface area contributed by atoms with Crippen LogP contribution >= 0.6 is 34.4 Å². The van der Waals surface area contributed by atoms with Crippen LogP contribution in [0.3, 0.4) is 0 Å². The second kappa shape index (κ2) is 11.5. The predicted molar refractivity (Wildman–Crippen MR) is 144 cm³/mol. The number of thioether (sulfide) groups is 1. The van der Waals surface area contributed by atoms with Gasteiger partial charge in [0, 0.05) is 27.2 Å². The molecule has 3 aromatic heterocycles. The van der Waals surface area contributed by atoms with Crippen LogP contribution in [0.5, 0.6) is 0 Å². The number of allylic oxidation sites excluding steroid dienone is 1. The van der Waals surface area contributed by atoms with E-state index < -0.39 is 0 Å². The van der Waals surface area contributed by atoms with E-state index >= 15 is 0 Å². The third kappa shape index (κ3) is 5.54. The smallest absolute Gasteiger partial charge is 0.341 e. The summed E-state index contributed by atoms with van der Waals surface area (Å²) in [4.78, 5) is 28.1. The maximum absolute atomic E-state index is 12.9. The minimum atomic E-state index is -0.355. The van der Waals surface area contributed by atoms with E-state index in [2.05, 4.69) is 41.3 Å². The Morgan fingerprint density at radius 1 is 1.26 bits per heavy atom. The Morgan fingerprint density at radius 3 is 2.77 bits per heavy atom. The molecule has 0 saturated carbocycles. The number of anilines is 1. The first kappa shape index (κ1) is 25.7. The standard InChI is InChI=1S/C25H30N4O3S3/c1-5-12-29-22(18-13-33-16(4)15(18)3)27-28-25(29)34-14-20(30)26-23-21(24(31)32-6-2)17-10-8-7-9-11-19(17)35-23/h5,13H,1,6-12,14H2,2-4H3,(H,26,30). The van der Waals surface area contributed by atoms with E-state index in [1.807, 2.05) is 4.57 Å². The van der Waals surface area contributed by atoms with E-state index in [4.69, 9.17) is 4.74 Å². The van der Waals surface area contributed by atoms with Crippen molar-refractivity contribution in [2.24, 2.45) is 0 Å². The summed E-state index contributed by atoms with van der Waals surface area (Å²) in [6, 6.07) is 0. The number of nitrogens with one attached hydrogen (secondary N) is 1. The lowest BCUT2D eigenvalue weighted by Gasteiger charge is -2.09. The normalized spacial score (nSPS) is 13.2. The van der Waals surface area contributed by atoms with Crippen LogP contribution in [0.4, 0.5) is 5.00 Å². The predicted octanol–water partition coefficient (Wildman–Crippen LogP) is 6.05. The molecule has 0 fully saturated rings. The van der Waals surface area contributed by atoms with Crippen LogP contribution in [-0.4, -0.2) is 39.0 Å². The topological polar surface area (TPSA) is 86.1 Å². The number of nitrogens with zero attached hydrogens (tertiary/aromatic N) is 3. The molecule has 3 aromatic rings. The number of rotatable bonds is 9. The number of aryl methyl sites for hydroxylation is 2. The first-order valence-corrected chi connectivity index (χ1v) is 14.5.